The van der Waals surface area contributed by atoms with E-state index in [9.17, 15) is 0 Å². The second-order valence-corrected chi connectivity index (χ2v) is 4.60. The van der Waals surface area contributed by atoms with E-state index >= 15 is 0 Å². The minimum Gasteiger partial charge on any atom is -0.491 e. The zero-order chi connectivity index (χ0) is 13.5. The Hall–Kier alpha value is -1.08. The lowest BCUT2D eigenvalue weighted by Crippen LogP contribution is -2.29. The van der Waals surface area contributed by atoms with E-state index in [0.29, 0.717) is 30.3 Å². The van der Waals surface area contributed by atoms with E-state index in [4.69, 9.17) is 24.3 Å². The zero-order valence-corrected chi connectivity index (χ0v) is 10.8. The van der Waals surface area contributed by atoms with E-state index in [-0.39, 0.29) is 0 Å². The molecule has 19 heavy (non-hydrogen) atoms. The van der Waals surface area contributed by atoms with Gasteiger partial charge in [-0.25, -0.2) is 0 Å². The Kier molecular flexibility index (Phi) is 5.66. The number of hydrogen-bond donors (Lipinski definition) is 2. The summed E-state index contributed by atoms with van der Waals surface area (Å²) >= 11 is 0. The molecule has 1 unspecified atom stereocenters. The van der Waals surface area contributed by atoms with Crippen molar-refractivity contribution >= 4 is 12.6 Å². The summed E-state index contributed by atoms with van der Waals surface area (Å²) in [5, 5.41) is 17.9. The number of hydrogen-bond acceptors (Lipinski definition) is 5. The van der Waals surface area contributed by atoms with E-state index in [1.165, 1.54) is 0 Å². The van der Waals surface area contributed by atoms with Crippen LogP contribution >= 0.6 is 0 Å². The average molecular weight is 266 g/mol. The summed E-state index contributed by atoms with van der Waals surface area (Å²) in [6, 6.07) is 6.66. The molecule has 1 saturated heterocycles. The van der Waals surface area contributed by atoms with Gasteiger partial charge >= 0.3 is 7.12 Å². The van der Waals surface area contributed by atoms with Gasteiger partial charge in [-0.2, -0.15) is 0 Å². The van der Waals surface area contributed by atoms with E-state index in [0.717, 1.165) is 26.2 Å². The molecule has 0 saturated carbocycles. The van der Waals surface area contributed by atoms with Gasteiger partial charge in [0, 0.05) is 12.5 Å². The highest BCUT2D eigenvalue weighted by Gasteiger charge is 2.15. The van der Waals surface area contributed by atoms with E-state index < -0.39 is 7.12 Å². The molecule has 1 atom stereocenters. The van der Waals surface area contributed by atoms with Gasteiger partial charge < -0.3 is 24.3 Å². The van der Waals surface area contributed by atoms with Crippen LogP contribution in [-0.2, 0) is 9.47 Å². The fourth-order valence-corrected chi connectivity index (χ4v) is 1.92. The van der Waals surface area contributed by atoms with Crippen molar-refractivity contribution in [2.24, 2.45) is 5.92 Å². The summed E-state index contributed by atoms with van der Waals surface area (Å²) in [7, 11) is -1.44. The van der Waals surface area contributed by atoms with Crippen LogP contribution in [0.5, 0.6) is 5.75 Å². The second-order valence-electron chi connectivity index (χ2n) is 4.60. The van der Waals surface area contributed by atoms with Gasteiger partial charge in [0.25, 0.3) is 0 Å². The minimum atomic E-state index is -1.44. The van der Waals surface area contributed by atoms with Crippen molar-refractivity contribution in [3.8, 4) is 5.75 Å². The summed E-state index contributed by atoms with van der Waals surface area (Å²) in [6.07, 6.45) is 1.08. The molecule has 0 spiro atoms. The smallest absolute Gasteiger partial charge is 0.488 e. The first kappa shape index (κ1) is 14.3. The fraction of sp³-hybridized carbons (Fsp3) is 0.538. The van der Waals surface area contributed by atoms with Crippen molar-refractivity contribution in [2.45, 2.75) is 6.42 Å². The van der Waals surface area contributed by atoms with Gasteiger partial charge in [-0.1, -0.05) is 12.1 Å². The molecule has 0 radical (unpaired) electrons. The first-order chi connectivity index (χ1) is 9.25. The normalized spacial score (nSPS) is 18.5. The Morgan fingerprint density at radius 1 is 1.21 bits per heavy atom. The molecule has 5 nitrogen and oxygen atoms in total. The molecule has 1 aromatic rings. The van der Waals surface area contributed by atoms with Crippen LogP contribution in [0.15, 0.2) is 24.3 Å². The summed E-state index contributed by atoms with van der Waals surface area (Å²) in [5.74, 6) is 1.21. The summed E-state index contributed by atoms with van der Waals surface area (Å²) in [6.45, 7) is 3.38. The molecular formula is C13H19BO5. The monoisotopic (exact) mass is 266 g/mol. The van der Waals surface area contributed by atoms with E-state index in [1.807, 2.05) is 0 Å². The number of rotatable bonds is 7. The number of ether oxygens (including phenoxy) is 3. The van der Waals surface area contributed by atoms with Crippen LogP contribution in [0.4, 0.5) is 0 Å². The number of benzene rings is 1. The molecule has 0 bridgehead atoms. The van der Waals surface area contributed by atoms with Crippen molar-refractivity contribution in [1.82, 2.24) is 0 Å². The highest BCUT2D eigenvalue weighted by molar-refractivity contribution is 6.58. The second kappa shape index (κ2) is 7.50. The third-order valence-corrected chi connectivity index (χ3v) is 3.05. The standard InChI is InChI=1S/C13H19BO5/c15-14(16)12-1-3-13(4-2-12)19-8-7-18-10-11-5-6-17-9-11/h1-4,11,15-16H,5-10H2. The molecule has 1 fully saturated rings. The molecule has 0 aliphatic carbocycles. The van der Waals surface area contributed by atoms with Crippen LogP contribution in [0.1, 0.15) is 6.42 Å². The summed E-state index contributed by atoms with van der Waals surface area (Å²) in [4.78, 5) is 0. The molecule has 0 amide bonds. The molecule has 6 heteroatoms. The first-order valence-corrected chi connectivity index (χ1v) is 6.50. The molecular weight excluding hydrogens is 247 g/mol. The Morgan fingerprint density at radius 3 is 2.63 bits per heavy atom. The van der Waals surface area contributed by atoms with Crippen LogP contribution in [0.2, 0.25) is 0 Å². The molecule has 1 heterocycles. The Morgan fingerprint density at radius 2 is 2.00 bits per heavy atom. The summed E-state index contributed by atoms with van der Waals surface area (Å²) in [5.41, 5.74) is 0.449. The van der Waals surface area contributed by atoms with Crippen LogP contribution in [0.25, 0.3) is 0 Å². The molecule has 2 N–H and O–H groups in total. The first-order valence-electron chi connectivity index (χ1n) is 6.50. The zero-order valence-electron chi connectivity index (χ0n) is 10.8. The topological polar surface area (TPSA) is 68.2 Å². The SMILES string of the molecule is OB(O)c1ccc(OCCOCC2CCOC2)cc1. The highest BCUT2D eigenvalue weighted by Crippen LogP contribution is 2.12. The van der Waals surface area contributed by atoms with Gasteiger partial charge in [0.1, 0.15) is 12.4 Å². The van der Waals surface area contributed by atoms with Gasteiger partial charge in [0.05, 0.1) is 19.8 Å². The largest absolute Gasteiger partial charge is 0.491 e. The maximum absolute atomic E-state index is 8.95. The third-order valence-electron chi connectivity index (χ3n) is 3.05. The van der Waals surface area contributed by atoms with Crippen molar-refractivity contribution in [2.75, 3.05) is 33.0 Å². The molecule has 1 aliphatic rings. The minimum absolute atomic E-state index is 0.449. The Bertz CT molecular complexity index is 362. The van der Waals surface area contributed by atoms with Crippen LogP contribution in [0, 0.1) is 5.92 Å². The predicted octanol–water partition coefficient (Wildman–Crippen LogP) is -0.202. The Labute approximate surface area is 113 Å². The van der Waals surface area contributed by atoms with Crippen LogP contribution in [0.3, 0.4) is 0 Å². The van der Waals surface area contributed by atoms with Crippen LogP contribution < -0.4 is 10.2 Å². The maximum Gasteiger partial charge on any atom is 0.488 e. The van der Waals surface area contributed by atoms with Gasteiger partial charge in [0.15, 0.2) is 0 Å². The van der Waals surface area contributed by atoms with Crippen molar-refractivity contribution in [1.29, 1.82) is 0 Å². The lowest BCUT2D eigenvalue weighted by Gasteiger charge is -2.10. The predicted molar refractivity (Wildman–Crippen MR) is 71.5 cm³/mol. The van der Waals surface area contributed by atoms with Gasteiger partial charge in [-0.05, 0) is 24.0 Å². The Balaban J connectivity index is 1.59. The van der Waals surface area contributed by atoms with Gasteiger partial charge in [-0.3, -0.25) is 0 Å². The molecule has 2 rings (SSSR count). The van der Waals surface area contributed by atoms with Crippen molar-refractivity contribution in [3.63, 3.8) is 0 Å². The third kappa shape index (κ3) is 4.83. The molecule has 0 aromatic heterocycles. The molecule has 104 valence electrons. The van der Waals surface area contributed by atoms with Crippen molar-refractivity contribution in [3.05, 3.63) is 24.3 Å². The fourth-order valence-electron chi connectivity index (χ4n) is 1.92. The van der Waals surface area contributed by atoms with E-state index in [2.05, 4.69) is 0 Å². The summed E-state index contributed by atoms with van der Waals surface area (Å²) < 4.78 is 16.3. The van der Waals surface area contributed by atoms with Gasteiger partial charge in [-0.15, -0.1) is 0 Å². The lowest BCUT2D eigenvalue weighted by molar-refractivity contribution is 0.0684. The maximum atomic E-state index is 8.95. The van der Waals surface area contributed by atoms with E-state index in [1.54, 1.807) is 24.3 Å². The van der Waals surface area contributed by atoms with Gasteiger partial charge in [0.2, 0.25) is 0 Å². The quantitative estimate of drug-likeness (QED) is 0.528. The molecule has 1 aromatic carbocycles. The highest BCUT2D eigenvalue weighted by atomic mass is 16.5. The molecule has 1 aliphatic heterocycles. The average Bonchev–Trinajstić information content (AvgIpc) is 2.92. The lowest BCUT2D eigenvalue weighted by atomic mass is 9.80. The van der Waals surface area contributed by atoms with Crippen molar-refractivity contribution < 1.29 is 24.3 Å². The van der Waals surface area contributed by atoms with Crippen LogP contribution in [-0.4, -0.2) is 50.2 Å².